The first-order valence-corrected chi connectivity index (χ1v) is 5.67. The fraction of sp³-hybridized carbons (Fsp3) is 0.538. The van der Waals surface area contributed by atoms with Gasteiger partial charge in [0.2, 0.25) is 0 Å². The molecule has 0 amide bonds. The molecule has 3 nitrogen and oxygen atoms in total. The van der Waals surface area contributed by atoms with Crippen molar-refractivity contribution < 1.29 is 13.5 Å². The van der Waals surface area contributed by atoms with Crippen LogP contribution in [0.25, 0.3) is 0 Å². The molecule has 0 aliphatic rings. The molecular formula is C13H20F2N2O. The lowest BCUT2D eigenvalue weighted by atomic mass is 10.1. The Morgan fingerprint density at radius 1 is 1.00 bits per heavy atom. The highest BCUT2D eigenvalue weighted by Crippen LogP contribution is 2.32. The number of nitrogens with zero attached hydrogens (tertiary/aromatic N) is 2. The van der Waals surface area contributed by atoms with Crippen molar-refractivity contribution in [1.82, 2.24) is 9.80 Å². The molecule has 0 aliphatic carbocycles. The first kappa shape index (κ1) is 14.9. The molecule has 0 aromatic heterocycles. The van der Waals surface area contributed by atoms with E-state index in [9.17, 15) is 8.78 Å². The third-order valence-corrected chi connectivity index (χ3v) is 2.69. The normalized spacial score (nSPS) is 14.9. The zero-order valence-electron chi connectivity index (χ0n) is 11.4. The maximum Gasteiger partial charge on any atom is 0.182 e. The molecule has 0 heterocycles. The molecule has 0 fully saturated rings. The van der Waals surface area contributed by atoms with Crippen LogP contribution in [0.5, 0.6) is 5.75 Å². The molecule has 1 aromatic rings. The zero-order chi connectivity index (χ0) is 13.9. The molecular weight excluding hydrogens is 238 g/mol. The molecule has 0 aliphatic heterocycles. The smallest absolute Gasteiger partial charge is 0.182 e. The minimum Gasteiger partial charge on any atom is -0.496 e. The van der Waals surface area contributed by atoms with Crippen molar-refractivity contribution in [3.63, 3.8) is 0 Å². The van der Waals surface area contributed by atoms with Crippen molar-refractivity contribution in [3.8, 4) is 5.75 Å². The Morgan fingerprint density at radius 2 is 1.56 bits per heavy atom. The van der Waals surface area contributed by atoms with E-state index < -0.39 is 12.6 Å². The van der Waals surface area contributed by atoms with Gasteiger partial charge in [-0.2, -0.15) is 0 Å². The van der Waals surface area contributed by atoms with Crippen molar-refractivity contribution in [2.24, 2.45) is 0 Å². The van der Waals surface area contributed by atoms with Gasteiger partial charge in [-0.3, -0.25) is 9.80 Å². The van der Waals surface area contributed by atoms with Gasteiger partial charge in [-0.25, -0.2) is 8.78 Å². The predicted molar refractivity (Wildman–Crippen MR) is 68.1 cm³/mol. The average molecular weight is 258 g/mol. The second-order valence-corrected chi connectivity index (χ2v) is 4.60. The van der Waals surface area contributed by atoms with Crippen LogP contribution in [0.3, 0.4) is 0 Å². The standard InChI is InChI=1S/C13H20F2N2O/c1-16(2)12(14)9-6-7-11(18-5)10(8-9)13(15)17(3)4/h6-8,12-13H,1-5H3. The number of hydrogen-bond acceptors (Lipinski definition) is 3. The summed E-state index contributed by atoms with van der Waals surface area (Å²) in [5, 5.41) is 0. The highest BCUT2D eigenvalue weighted by molar-refractivity contribution is 5.39. The minimum absolute atomic E-state index is 0.338. The molecule has 0 saturated carbocycles. The van der Waals surface area contributed by atoms with Crippen LogP contribution in [0.4, 0.5) is 8.78 Å². The van der Waals surface area contributed by atoms with Crippen molar-refractivity contribution in [3.05, 3.63) is 29.3 Å². The van der Waals surface area contributed by atoms with Crippen LogP contribution in [0.2, 0.25) is 0 Å². The number of ether oxygens (including phenoxy) is 1. The number of rotatable bonds is 5. The Hall–Kier alpha value is -1.20. The van der Waals surface area contributed by atoms with E-state index in [1.54, 1.807) is 40.3 Å². The molecule has 0 radical (unpaired) electrons. The molecule has 2 unspecified atom stereocenters. The Kier molecular flexibility index (Phi) is 5.04. The largest absolute Gasteiger partial charge is 0.496 e. The summed E-state index contributed by atoms with van der Waals surface area (Å²) < 4.78 is 33.1. The first-order chi connectivity index (χ1) is 8.38. The lowest BCUT2D eigenvalue weighted by molar-refractivity contribution is 0.130. The molecule has 0 saturated heterocycles. The van der Waals surface area contributed by atoms with Gasteiger partial charge in [-0.05, 0) is 40.3 Å². The van der Waals surface area contributed by atoms with E-state index in [0.29, 0.717) is 16.9 Å². The van der Waals surface area contributed by atoms with Gasteiger partial charge in [-0.1, -0.05) is 6.07 Å². The molecule has 102 valence electrons. The molecule has 2 atom stereocenters. The molecule has 0 N–H and O–H groups in total. The molecule has 0 bridgehead atoms. The topological polar surface area (TPSA) is 15.7 Å². The predicted octanol–water partition coefficient (Wildman–Crippen LogP) is 2.75. The van der Waals surface area contributed by atoms with Crippen molar-refractivity contribution >= 4 is 0 Å². The highest BCUT2D eigenvalue weighted by Gasteiger charge is 2.21. The average Bonchev–Trinajstić information content (AvgIpc) is 2.35. The lowest BCUT2D eigenvalue weighted by Gasteiger charge is -2.22. The minimum atomic E-state index is -1.32. The third-order valence-electron chi connectivity index (χ3n) is 2.69. The van der Waals surface area contributed by atoms with Gasteiger partial charge in [0.25, 0.3) is 0 Å². The summed E-state index contributed by atoms with van der Waals surface area (Å²) in [6, 6.07) is 4.71. The Labute approximate surface area is 107 Å². The fourth-order valence-corrected chi connectivity index (χ4v) is 1.66. The van der Waals surface area contributed by atoms with Gasteiger partial charge < -0.3 is 4.74 Å². The van der Waals surface area contributed by atoms with Gasteiger partial charge in [0, 0.05) is 11.1 Å². The fourth-order valence-electron chi connectivity index (χ4n) is 1.66. The summed E-state index contributed by atoms with van der Waals surface area (Å²) in [5.74, 6) is 0.422. The first-order valence-electron chi connectivity index (χ1n) is 5.67. The van der Waals surface area contributed by atoms with E-state index in [2.05, 4.69) is 0 Å². The van der Waals surface area contributed by atoms with Crippen LogP contribution in [0.1, 0.15) is 23.7 Å². The highest BCUT2D eigenvalue weighted by atomic mass is 19.1. The van der Waals surface area contributed by atoms with Gasteiger partial charge in [0.1, 0.15) is 5.75 Å². The number of hydrogen-bond donors (Lipinski definition) is 0. The van der Waals surface area contributed by atoms with Crippen LogP contribution in [0.15, 0.2) is 18.2 Å². The third kappa shape index (κ3) is 3.17. The number of benzene rings is 1. The Bertz CT molecular complexity index is 397. The van der Waals surface area contributed by atoms with Crippen molar-refractivity contribution in [1.29, 1.82) is 0 Å². The Morgan fingerprint density at radius 3 is 2.00 bits per heavy atom. The van der Waals surface area contributed by atoms with Crippen LogP contribution in [-0.2, 0) is 0 Å². The molecule has 1 rings (SSSR count). The van der Waals surface area contributed by atoms with Gasteiger partial charge in [-0.15, -0.1) is 0 Å². The quantitative estimate of drug-likeness (QED) is 0.755. The second-order valence-electron chi connectivity index (χ2n) is 4.60. The Balaban J connectivity index is 3.17. The monoisotopic (exact) mass is 258 g/mol. The van der Waals surface area contributed by atoms with Gasteiger partial charge in [0.05, 0.1) is 7.11 Å². The summed E-state index contributed by atoms with van der Waals surface area (Å²) in [7, 11) is 7.98. The van der Waals surface area contributed by atoms with Crippen LogP contribution in [-0.4, -0.2) is 45.1 Å². The van der Waals surface area contributed by atoms with Crippen LogP contribution < -0.4 is 4.74 Å². The van der Waals surface area contributed by atoms with E-state index in [1.807, 2.05) is 0 Å². The van der Waals surface area contributed by atoms with E-state index >= 15 is 0 Å². The summed E-state index contributed by atoms with van der Waals surface area (Å²) in [4.78, 5) is 2.83. The van der Waals surface area contributed by atoms with Crippen LogP contribution >= 0.6 is 0 Å². The summed E-state index contributed by atoms with van der Waals surface area (Å²) in [6.07, 6.45) is -2.58. The van der Waals surface area contributed by atoms with Gasteiger partial charge in [0.15, 0.2) is 12.6 Å². The van der Waals surface area contributed by atoms with Crippen molar-refractivity contribution in [2.45, 2.75) is 12.6 Å². The summed E-state index contributed by atoms with van der Waals surface area (Å²) in [6.45, 7) is 0. The maximum absolute atomic E-state index is 14.1. The number of alkyl halides is 2. The van der Waals surface area contributed by atoms with E-state index in [4.69, 9.17) is 4.74 Å². The zero-order valence-corrected chi connectivity index (χ0v) is 11.4. The molecule has 5 heteroatoms. The van der Waals surface area contributed by atoms with E-state index in [0.717, 1.165) is 0 Å². The van der Waals surface area contributed by atoms with E-state index in [-0.39, 0.29) is 0 Å². The van der Waals surface area contributed by atoms with Crippen molar-refractivity contribution in [2.75, 3.05) is 35.3 Å². The van der Waals surface area contributed by atoms with E-state index in [1.165, 1.54) is 23.0 Å². The number of methoxy groups -OCH3 is 1. The molecule has 0 spiro atoms. The summed E-state index contributed by atoms with van der Waals surface area (Å²) in [5.41, 5.74) is 0.754. The SMILES string of the molecule is COc1ccc(C(F)N(C)C)cc1C(F)N(C)C. The second kappa shape index (κ2) is 6.11. The summed E-state index contributed by atoms with van der Waals surface area (Å²) >= 11 is 0. The number of halogens is 2. The lowest BCUT2D eigenvalue weighted by Crippen LogP contribution is -2.18. The maximum atomic E-state index is 14.1. The molecule has 1 aromatic carbocycles. The molecule has 18 heavy (non-hydrogen) atoms. The van der Waals surface area contributed by atoms with Crippen LogP contribution in [0, 0.1) is 0 Å². The van der Waals surface area contributed by atoms with Gasteiger partial charge >= 0.3 is 0 Å².